The van der Waals surface area contributed by atoms with Gasteiger partial charge in [-0.05, 0) is 48.5 Å². The maximum atomic E-state index is 12.9. The molecular formula is C17H16FN3O4S. The first kappa shape index (κ1) is 17.9. The summed E-state index contributed by atoms with van der Waals surface area (Å²) in [6.07, 6.45) is 0.0432. The monoisotopic (exact) mass is 377 g/mol. The van der Waals surface area contributed by atoms with Gasteiger partial charge in [-0.25, -0.2) is 12.8 Å². The summed E-state index contributed by atoms with van der Waals surface area (Å²) in [4.78, 5) is 24.6. The van der Waals surface area contributed by atoms with E-state index in [0.717, 1.165) is 12.1 Å². The molecule has 3 rings (SSSR count). The fourth-order valence-electron chi connectivity index (χ4n) is 2.68. The Morgan fingerprint density at radius 2 is 1.73 bits per heavy atom. The Kier molecular flexibility index (Phi) is 4.64. The quantitative estimate of drug-likeness (QED) is 0.822. The molecule has 1 atom stereocenters. The van der Waals surface area contributed by atoms with Gasteiger partial charge in [-0.1, -0.05) is 0 Å². The van der Waals surface area contributed by atoms with Crippen LogP contribution in [-0.2, 0) is 19.6 Å². The largest absolute Gasteiger partial charge is 0.369 e. The number of primary amides is 1. The molecule has 0 spiro atoms. The summed E-state index contributed by atoms with van der Waals surface area (Å²) in [5.41, 5.74) is 5.95. The van der Waals surface area contributed by atoms with Gasteiger partial charge in [0, 0.05) is 24.3 Å². The molecule has 2 aromatic rings. The molecule has 136 valence electrons. The summed E-state index contributed by atoms with van der Waals surface area (Å²) in [5, 5.41) is 0. The molecule has 7 nitrogen and oxygen atoms in total. The topological polar surface area (TPSA) is 110 Å². The van der Waals surface area contributed by atoms with Gasteiger partial charge in [0.2, 0.25) is 11.8 Å². The predicted molar refractivity (Wildman–Crippen MR) is 93.3 cm³/mol. The fraction of sp³-hybridized carbons (Fsp3) is 0.176. The Bertz CT molecular complexity index is 943. The fourth-order valence-corrected chi connectivity index (χ4v) is 3.74. The number of nitrogens with zero attached hydrogens (tertiary/aromatic N) is 1. The standard InChI is InChI=1S/C17H16FN3O4S/c18-12-1-3-13(4-2-12)20-26(24,25)15-7-5-14(6-8-15)21-10-11(17(19)23)9-16(21)22/h1-8,11,20H,9-10H2,(H2,19,23)/t11-/m1/s1. The van der Waals surface area contributed by atoms with Crippen LogP contribution in [0.2, 0.25) is 0 Å². The molecule has 0 aromatic heterocycles. The van der Waals surface area contributed by atoms with E-state index in [1.54, 1.807) is 0 Å². The summed E-state index contributed by atoms with van der Waals surface area (Å²) in [6.45, 7) is 0.175. The van der Waals surface area contributed by atoms with Gasteiger partial charge in [0.1, 0.15) is 5.82 Å². The number of halogens is 1. The molecule has 2 amide bonds. The number of sulfonamides is 1. The smallest absolute Gasteiger partial charge is 0.261 e. The Balaban J connectivity index is 1.77. The molecule has 0 radical (unpaired) electrons. The number of hydrogen-bond donors (Lipinski definition) is 2. The lowest BCUT2D eigenvalue weighted by atomic mass is 10.1. The minimum atomic E-state index is -3.85. The Morgan fingerprint density at radius 3 is 2.27 bits per heavy atom. The molecule has 1 aliphatic rings. The highest BCUT2D eigenvalue weighted by Crippen LogP contribution is 2.26. The normalized spacial score (nSPS) is 17.3. The summed E-state index contributed by atoms with van der Waals surface area (Å²) in [6, 6.07) is 10.6. The molecule has 26 heavy (non-hydrogen) atoms. The minimum absolute atomic E-state index is 0.0105. The average Bonchev–Trinajstić information content (AvgIpc) is 2.99. The van der Waals surface area contributed by atoms with Crippen molar-refractivity contribution in [1.82, 2.24) is 0 Å². The van der Waals surface area contributed by atoms with Crippen LogP contribution in [0.5, 0.6) is 0 Å². The van der Waals surface area contributed by atoms with Crippen LogP contribution in [0.25, 0.3) is 0 Å². The zero-order valence-electron chi connectivity index (χ0n) is 13.6. The van der Waals surface area contributed by atoms with E-state index >= 15 is 0 Å². The van der Waals surface area contributed by atoms with Crippen molar-refractivity contribution >= 4 is 33.2 Å². The van der Waals surface area contributed by atoms with Gasteiger partial charge in [-0.3, -0.25) is 14.3 Å². The van der Waals surface area contributed by atoms with Gasteiger partial charge in [-0.2, -0.15) is 0 Å². The number of carbonyl (C=O) groups is 2. The number of nitrogens with two attached hydrogens (primary N) is 1. The zero-order chi connectivity index (χ0) is 18.9. The van der Waals surface area contributed by atoms with Gasteiger partial charge in [0.15, 0.2) is 0 Å². The zero-order valence-corrected chi connectivity index (χ0v) is 14.4. The van der Waals surface area contributed by atoms with Gasteiger partial charge < -0.3 is 10.6 Å². The highest BCUT2D eigenvalue weighted by Gasteiger charge is 2.34. The van der Waals surface area contributed by atoms with Gasteiger partial charge >= 0.3 is 0 Å². The lowest BCUT2D eigenvalue weighted by molar-refractivity contribution is -0.123. The van der Waals surface area contributed by atoms with Crippen molar-refractivity contribution in [3.8, 4) is 0 Å². The minimum Gasteiger partial charge on any atom is -0.369 e. The van der Waals surface area contributed by atoms with Crippen LogP contribution in [-0.4, -0.2) is 26.8 Å². The Labute approximate surface area is 149 Å². The Hall–Kier alpha value is -2.94. The van der Waals surface area contributed by atoms with Crippen molar-refractivity contribution in [3.05, 3.63) is 54.3 Å². The van der Waals surface area contributed by atoms with Crippen LogP contribution in [0.1, 0.15) is 6.42 Å². The highest BCUT2D eigenvalue weighted by atomic mass is 32.2. The third kappa shape index (κ3) is 3.67. The second-order valence-electron chi connectivity index (χ2n) is 5.91. The van der Waals surface area contributed by atoms with Crippen molar-refractivity contribution in [3.63, 3.8) is 0 Å². The molecule has 0 bridgehead atoms. The molecule has 1 saturated heterocycles. The molecule has 0 aliphatic carbocycles. The van der Waals surface area contributed by atoms with Crippen molar-refractivity contribution in [2.75, 3.05) is 16.2 Å². The van der Waals surface area contributed by atoms with Crippen LogP contribution in [0.3, 0.4) is 0 Å². The summed E-state index contributed by atoms with van der Waals surface area (Å²) < 4.78 is 40.0. The van der Waals surface area contributed by atoms with Crippen molar-refractivity contribution < 1.29 is 22.4 Å². The average molecular weight is 377 g/mol. The van der Waals surface area contributed by atoms with E-state index in [4.69, 9.17) is 5.73 Å². The summed E-state index contributed by atoms with van der Waals surface area (Å²) >= 11 is 0. The van der Waals surface area contributed by atoms with Gasteiger partial charge in [-0.15, -0.1) is 0 Å². The number of nitrogens with one attached hydrogen (secondary N) is 1. The molecule has 2 aromatic carbocycles. The summed E-state index contributed by atoms with van der Waals surface area (Å²) in [5.74, 6) is -1.80. The molecule has 9 heteroatoms. The molecule has 1 fully saturated rings. The van der Waals surface area contributed by atoms with Crippen LogP contribution in [0.15, 0.2) is 53.4 Å². The number of carbonyl (C=O) groups excluding carboxylic acids is 2. The molecule has 3 N–H and O–H groups in total. The molecule has 0 unspecified atom stereocenters. The molecular weight excluding hydrogens is 361 g/mol. The number of hydrogen-bond acceptors (Lipinski definition) is 4. The van der Waals surface area contributed by atoms with Crippen molar-refractivity contribution in [1.29, 1.82) is 0 Å². The second kappa shape index (κ2) is 6.75. The van der Waals surface area contributed by atoms with Crippen LogP contribution >= 0.6 is 0 Å². The first-order valence-electron chi connectivity index (χ1n) is 7.74. The molecule has 0 saturated carbocycles. The van der Waals surface area contributed by atoms with Crippen LogP contribution < -0.4 is 15.4 Å². The van der Waals surface area contributed by atoms with E-state index < -0.39 is 27.7 Å². The lowest BCUT2D eigenvalue weighted by Gasteiger charge is -2.17. The Morgan fingerprint density at radius 1 is 1.12 bits per heavy atom. The second-order valence-corrected chi connectivity index (χ2v) is 7.60. The van der Waals surface area contributed by atoms with Gasteiger partial charge in [0.05, 0.1) is 10.8 Å². The summed E-state index contributed by atoms with van der Waals surface area (Å²) in [7, 11) is -3.85. The van der Waals surface area contributed by atoms with E-state index in [0.29, 0.717) is 5.69 Å². The maximum absolute atomic E-state index is 12.9. The van der Waals surface area contributed by atoms with Crippen molar-refractivity contribution in [2.45, 2.75) is 11.3 Å². The van der Waals surface area contributed by atoms with Crippen molar-refractivity contribution in [2.24, 2.45) is 11.7 Å². The molecule has 1 heterocycles. The van der Waals surface area contributed by atoms with Gasteiger partial charge in [0.25, 0.3) is 10.0 Å². The molecule has 1 aliphatic heterocycles. The predicted octanol–water partition coefficient (Wildman–Crippen LogP) is 1.46. The highest BCUT2D eigenvalue weighted by molar-refractivity contribution is 7.92. The third-order valence-corrected chi connectivity index (χ3v) is 5.48. The van der Waals surface area contributed by atoms with E-state index in [2.05, 4.69) is 4.72 Å². The number of anilines is 2. The van der Waals surface area contributed by atoms with E-state index in [1.807, 2.05) is 0 Å². The maximum Gasteiger partial charge on any atom is 0.261 e. The lowest BCUT2D eigenvalue weighted by Crippen LogP contribution is -2.28. The number of rotatable bonds is 5. The number of amides is 2. The van der Waals surface area contributed by atoms with Crippen LogP contribution in [0, 0.1) is 11.7 Å². The first-order chi connectivity index (χ1) is 12.3. The third-order valence-electron chi connectivity index (χ3n) is 4.08. The van der Waals surface area contributed by atoms with Crippen LogP contribution in [0.4, 0.5) is 15.8 Å². The SMILES string of the molecule is NC(=O)[C@@H]1CC(=O)N(c2ccc(S(=O)(=O)Nc3ccc(F)cc3)cc2)C1. The van der Waals surface area contributed by atoms with E-state index in [1.165, 1.54) is 41.3 Å². The number of benzene rings is 2. The first-order valence-corrected chi connectivity index (χ1v) is 9.23. The van der Waals surface area contributed by atoms with E-state index in [9.17, 15) is 22.4 Å². The van der Waals surface area contributed by atoms with E-state index in [-0.39, 0.29) is 29.5 Å².